The average molecular weight is 467 g/mol. The second-order valence-electron chi connectivity index (χ2n) is 5.04. The van der Waals surface area contributed by atoms with Crippen molar-refractivity contribution in [3.8, 4) is 0 Å². The molecule has 1 saturated heterocycles. The van der Waals surface area contributed by atoms with Gasteiger partial charge in [0.1, 0.15) is 9.77 Å². The minimum Gasteiger partial charge on any atom is -0.346 e. The summed E-state index contributed by atoms with van der Waals surface area (Å²) in [6, 6.07) is 3.46. The summed E-state index contributed by atoms with van der Waals surface area (Å²) >= 11 is 7.81. The van der Waals surface area contributed by atoms with E-state index in [4.69, 9.17) is 0 Å². The van der Waals surface area contributed by atoms with Gasteiger partial charge in [-0.2, -0.15) is 16.1 Å². The van der Waals surface area contributed by atoms with E-state index in [2.05, 4.69) is 21.2 Å². The first-order valence-corrected chi connectivity index (χ1v) is 12.3. The minimum absolute atomic E-state index is 0.115. The van der Waals surface area contributed by atoms with Gasteiger partial charge in [-0.25, -0.2) is 8.42 Å². The molecule has 1 fully saturated rings. The Morgan fingerprint density at radius 1 is 1.29 bits per heavy atom. The summed E-state index contributed by atoms with van der Waals surface area (Å²) in [7, 11) is -3.61. The zero-order valence-electron chi connectivity index (χ0n) is 12.5. The van der Waals surface area contributed by atoms with E-state index >= 15 is 0 Å². The van der Waals surface area contributed by atoms with Crippen LogP contribution in [0.3, 0.4) is 0 Å². The standard InChI is InChI=1S/C14H15BrN2O3S4/c15-10-7-11(23-9-10)8-16-14(18)13-12(1-4-22-13)24(19,20)17-2-5-21-6-3-17/h1,4,7,9H,2-3,5-6,8H2,(H,16,18). The van der Waals surface area contributed by atoms with Crippen LogP contribution in [0.25, 0.3) is 0 Å². The normalized spacial score (nSPS) is 16.2. The maximum Gasteiger partial charge on any atom is 0.263 e. The number of carbonyl (C=O) groups is 1. The van der Waals surface area contributed by atoms with Crippen molar-refractivity contribution in [1.29, 1.82) is 0 Å². The number of nitrogens with zero attached hydrogens (tertiary/aromatic N) is 1. The van der Waals surface area contributed by atoms with E-state index in [-0.39, 0.29) is 15.7 Å². The third-order valence-electron chi connectivity index (χ3n) is 3.47. The lowest BCUT2D eigenvalue weighted by Crippen LogP contribution is -2.38. The molecule has 0 aromatic carbocycles. The quantitative estimate of drug-likeness (QED) is 0.734. The molecule has 0 radical (unpaired) electrons. The molecule has 1 N–H and O–H groups in total. The van der Waals surface area contributed by atoms with Crippen molar-refractivity contribution in [3.63, 3.8) is 0 Å². The van der Waals surface area contributed by atoms with Crippen LogP contribution >= 0.6 is 50.4 Å². The second kappa shape index (κ2) is 7.88. The Bertz CT molecular complexity index is 825. The van der Waals surface area contributed by atoms with Crippen molar-refractivity contribution >= 4 is 66.3 Å². The Kier molecular flexibility index (Phi) is 6.04. The molecule has 2 aromatic rings. The van der Waals surface area contributed by atoms with Crippen LogP contribution < -0.4 is 5.32 Å². The molecule has 0 aliphatic carbocycles. The fraction of sp³-hybridized carbons (Fsp3) is 0.357. The number of thioether (sulfide) groups is 1. The van der Waals surface area contributed by atoms with Gasteiger partial charge in [0.25, 0.3) is 5.91 Å². The van der Waals surface area contributed by atoms with Crippen molar-refractivity contribution < 1.29 is 13.2 Å². The molecule has 0 spiro atoms. The topological polar surface area (TPSA) is 66.5 Å². The van der Waals surface area contributed by atoms with E-state index in [1.807, 2.05) is 11.4 Å². The van der Waals surface area contributed by atoms with Crippen LogP contribution in [0, 0.1) is 0 Å². The van der Waals surface area contributed by atoms with Gasteiger partial charge < -0.3 is 5.32 Å². The van der Waals surface area contributed by atoms with Gasteiger partial charge in [0.2, 0.25) is 10.0 Å². The highest BCUT2D eigenvalue weighted by Gasteiger charge is 2.31. The maximum atomic E-state index is 12.8. The number of thiophene rings is 2. The van der Waals surface area contributed by atoms with Crippen LogP contribution in [-0.4, -0.2) is 43.2 Å². The molecule has 0 bridgehead atoms. The summed E-state index contributed by atoms with van der Waals surface area (Å²) in [6.45, 7) is 1.37. The van der Waals surface area contributed by atoms with E-state index in [0.717, 1.165) is 32.2 Å². The first-order chi connectivity index (χ1) is 11.5. The van der Waals surface area contributed by atoms with Crippen LogP contribution in [0.15, 0.2) is 32.3 Å². The summed E-state index contributed by atoms with van der Waals surface area (Å²) in [6.07, 6.45) is 0. The molecule has 1 aliphatic rings. The fourth-order valence-corrected chi connectivity index (χ4v) is 7.57. The van der Waals surface area contributed by atoms with Crippen LogP contribution in [0.5, 0.6) is 0 Å². The van der Waals surface area contributed by atoms with Gasteiger partial charge in [0.05, 0.1) is 6.54 Å². The number of carbonyl (C=O) groups excluding carboxylic acids is 1. The number of amides is 1. The number of rotatable bonds is 5. The third-order valence-corrected chi connectivity index (χ3v) is 9.09. The lowest BCUT2D eigenvalue weighted by Gasteiger charge is -2.25. The molecule has 10 heteroatoms. The summed E-state index contributed by atoms with van der Waals surface area (Å²) < 4.78 is 28.0. The molecule has 2 aromatic heterocycles. The van der Waals surface area contributed by atoms with E-state index in [1.54, 1.807) is 17.1 Å². The highest BCUT2D eigenvalue weighted by molar-refractivity contribution is 9.10. The summed E-state index contributed by atoms with van der Waals surface area (Å²) in [5.41, 5.74) is 0. The zero-order chi connectivity index (χ0) is 17.2. The number of halogens is 1. The summed E-state index contributed by atoms with van der Waals surface area (Å²) in [5, 5.41) is 6.40. The van der Waals surface area contributed by atoms with Crippen LogP contribution in [-0.2, 0) is 16.6 Å². The molecule has 3 heterocycles. The van der Waals surface area contributed by atoms with Gasteiger partial charge in [0, 0.05) is 39.3 Å². The smallest absolute Gasteiger partial charge is 0.263 e. The number of nitrogens with one attached hydrogen (secondary N) is 1. The Morgan fingerprint density at radius 2 is 2.04 bits per heavy atom. The van der Waals surface area contributed by atoms with E-state index in [0.29, 0.717) is 19.6 Å². The van der Waals surface area contributed by atoms with Gasteiger partial charge in [-0.05, 0) is 33.4 Å². The lowest BCUT2D eigenvalue weighted by molar-refractivity contribution is 0.0952. The molecule has 130 valence electrons. The van der Waals surface area contributed by atoms with Crippen molar-refractivity contribution in [3.05, 3.63) is 37.1 Å². The molecule has 0 unspecified atom stereocenters. The molecule has 1 amide bonds. The van der Waals surface area contributed by atoms with E-state index in [1.165, 1.54) is 21.7 Å². The van der Waals surface area contributed by atoms with Gasteiger partial charge in [-0.1, -0.05) is 0 Å². The fourth-order valence-electron chi connectivity index (χ4n) is 2.29. The molecular weight excluding hydrogens is 452 g/mol. The Labute approximate surface area is 161 Å². The summed E-state index contributed by atoms with van der Waals surface area (Å²) in [5.74, 6) is 1.23. The number of hydrogen-bond donors (Lipinski definition) is 1. The van der Waals surface area contributed by atoms with Gasteiger partial charge >= 0.3 is 0 Å². The van der Waals surface area contributed by atoms with Gasteiger partial charge in [0.15, 0.2) is 0 Å². The monoisotopic (exact) mass is 466 g/mol. The average Bonchev–Trinajstić information content (AvgIpc) is 3.23. The first-order valence-electron chi connectivity index (χ1n) is 7.15. The van der Waals surface area contributed by atoms with Crippen molar-refractivity contribution in [2.24, 2.45) is 0 Å². The predicted octanol–water partition coefficient (Wildman–Crippen LogP) is 3.24. The van der Waals surface area contributed by atoms with Crippen molar-refractivity contribution in [2.45, 2.75) is 11.4 Å². The van der Waals surface area contributed by atoms with Crippen LogP contribution in [0.4, 0.5) is 0 Å². The SMILES string of the molecule is O=C(NCc1cc(Br)cs1)c1sccc1S(=O)(=O)N1CCSCC1. The molecule has 0 saturated carbocycles. The predicted molar refractivity (Wildman–Crippen MR) is 104 cm³/mol. The lowest BCUT2D eigenvalue weighted by atomic mass is 10.4. The number of sulfonamides is 1. The highest BCUT2D eigenvalue weighted by atomic mass is 79.9. The maximum absolute atomic E-state index is 12.8. The highest BCUT2D eigenvalue weighted by Crippen LogP contribution is 2.27. The zero-order valence-corrected chi connectivity index (χ0v) is 17.4. The molecule has 5 nitrogen and oxygen atoms in total. The van der Waals surface area contributed by atoms with Crippen molar-refractivity contribution in [1.82, 2.24) is 9.62 Å². The molecule has 0 atom stereocenters. The minimum atomic E-state index is -3.61. The largest absolute Gasteiger partial charge is 0.346 e. The molecular formula is C14H15BrN2O3S4. The Hall–Kier alpha value is -0.390. The second-order valence-corrected chi connectivity index (χ2v) is 11.0. The van der Waals surface area contributed by atoms with E-state index < -0.39 is 10.0 Å². The third kappa shape index (κ3) is 4.05. The molecule has 3 rings (SSSR count). The van der Waals surface area contributed by atoms with Crippen LogP contribution in [0.2, 0.25) is 0 Å². The Morgan fingerprint density at radius 3 is 2.71 bits per heavy atom. The first kappa shape index (κ1) is 18.4. The van der Waals surface area contributed by atoms with Gasteiger partial charge in [-0.3, -0.25) is 4.79 Å². The van der Waals surface area contributed by atoms with Crippen molar-refractivity contribution in [2.75, 3.05) is 24.6 Å². The van der Waals surface area contributed by atoms with E-state index in [9.17, 15) is 13.2 Å². The summed E-state index contributed by atoms with van der Waals surface area (Å²) in [4.78, 5) is 13.8. The van der Waals surface area contributed by atoms with Gasteiger partial charge in [-0.15, -0.1) is 22.7 Å². The molecule has 1 aliphatic heterocycles. The Balaban J connectivity index is 1.75. The number of hydrogen-bond acceptors (Lipinski definition) is 6. The molecule has 24 heavy (non-hydrogen) atoms. The van der Waals surface area contributed by atoms with Crippen LogP contribution in [0.1, 0.15) is 14.5 Å².